The quantitative estimate of drug-likeness (QED) is 0.609. The molecule has 0 heterocycles. The van der Waals surface area contributed by atoms with Gasteiger partial charge in [0.05, 0.1) is 11.3 Å². The van der Waals surface area contributed by atoms with Gasteiger partial charge in [0, 0.05) is 13.6 Å². The van der Waals surface area contributed by atoms with Crippen LogP contribution >= 0.6 is 0 Å². The van der Waals surface area contributed by atoms with Crippen molar-refractivity contribution in [3.63, 3.8) is 0 Å². The minimum absolute atomic E-state index is 0.231. The minimum Gasteiger partial charge on any atom is -0.480 e. The maximum absolute atomic E-state index is 13.1. The number of nitrogens with one attached hydrogen (secondary N) is 1. The Bertz CT molecular complexity index is 1040. The Morgan fingerprint density at radius 1 is 0.903 bits per heavy atom. The molecule has 1 N–H and O–H groups in total. The molecule has 0 bridgehead atoms. The Balaban J connectivity index is 1.74. The number of anilines is 1. The largest absolute Gasteiger partial charge is 0.480 e. The van der Waals surface area contributed by atoms with Crippen molar-refractivity contribution >= 4 is 17.5 Å². The van der Waals surface area contributed by atoms with Gasteiger partial charge in [-0.2, -0.15) is 0 Å². The van der Waals surface area contributed by atoms with E-state index in [9.17, 15) is 9.59 Å². The Hall–Kier alpha value is -3.60. The van der Waals surface area contributed by atoms with Crippen LogP contribution < -0.4 is 15.0 Å². The molecule has 5 nitrogen and oxygen atoms in total. The van der Waals surface area contributed by atoms with Gasteiger partial charge in [0.1, 0.15) is 5.75 Å². The van der Waals surface area contributed by atoms with Gasteiger partial charge in [0.2, 0.25) is 0 Å². The first-order valence-corrected chi connectivity index (χ1v) is 10.3. The summed E-state index contributed by atoms with van der Waals surface area (Å²) in [6.07, 6.45) is -0.703. The number of hydrogen-bond donors (Lipinski definition) is 1. The van der Waals surface area contributed by atoms with Gasteiger partial charge in [-0.3, -0.25) is 9.59 Å². The second-order valence-corrected chi connectivity index (χ2v) is 7.56. The summed E-state index contributed by atoms with van der Waals surface area (Å²) in [5.74, 6) is 0.249. The van der Waals surface area contributed by atoms with Crippen molar-refractivity contribution in [1.29, 1.82) is 0 Å². The fourth-order valence-electron chi connectivity index (χ4n) is 3.44. The number of rotatable bonds is 7. The van der Waals surface area contributed by atoms with Crippen molar-refractivity contribution in [1.82, 2.24) is 5.32 Å². The van der Waals surface area contributed by atoms with Crippen molar-refractivity contribution in [2.75, 3.05) is 11.9 Å². The van der Waals surface area contributed by atoms with Gasteiger partial charge in [0.15, 0.2) is 6.10 Å². The molecular formula is C26H28N2O3. The van der Waals surface area contributed by atoms with E-state index in [1.807, 2.05) is 68.4 Å². The van der Waals surface area contributed by atoms with E-state index in [1.54, 1.807) is 32.2 Å². The predicted molar refractivity (Wildman–Crippen MR) is 123 cm³/mol. The number of hydrogen-bond acceptors (Lipinski definition) is 3. The third-order valence-electron chi connectivity index (χ3n) is 5.19. The van der Waals surface area contributed by atoms with Crippen LogP contribution in [0.25, 0.3) is 0 Å². The van der Waals surface area contributed by atoms with Crippen LogP contribution in [-0.4, -0.2) is 25.0 Å². The molecule has 0 aliphatic carbocycles. The number of ether oxygens (including phenoxy) is 1. The molecule has 0 saturated heterocycles. The first-order valence-electron chi connectivity index (χ1n) is 10.3. The van der Waals surface area contributed by atoms with Gasteiger partial charge in [0.25, 0.3) is 11.8 Å². The molecule has 0 unspecified atom stereocenters. The number of carbonyl (C=O) groups excluding carboxylic acids is 2. The molecule has 1 atom stereocenters. The summed E-state index contributed by atoms with van der Waals surface area (Å²) < 4.78 is 5.99. The SMILES string of the molecule is Cc1cccc(C)c1O[C@@H](C)C(=O)N(C)c1ccccc1C(=O)NCc1ccccc1. The number of nitrogens with zero attached hydrogens (tertiary/aromatic N) is 1. The summed E-state index contributed by atoms with van der Waals surface area (Å²) in [7, 11) is 1.66. The molecule has 0 fully saturated rings. The molecule has 0 radical (unpaired) electrons. The van der Waals surface area contributed by atoms with Crippen LogP contribution in [0.4, 0.5) is 5.69 Å². The number of likely N-dealkylation sites (N-methyl/N-ethyl adjacent to an activating group) is 1. The van der Waals surface area contributed by atoms with Crippen LogP contribution in [-0.2, 0) is 11.3 Å². The highest BCUT2D eigenvalue weighted by atomic mass is 16.5. The molecule has 3 aromatic rings. The molecule has 0 saturated carbocycles. The summed E-state index contributed by atoms with van der Waals surface area (Å²) in [4.78, 5) is 27.4. The number of aryl methyl sites for hydroxylation is 2. The summed E-state index contributed by atoms with van der Waals surface area (Å²) >= 11 is 0. The zero-order valence-corrected chi connectivity index (χ0v) is 18.4. The summed E-state index contributed by atoms with van der Waals surface area (Å²) in [5, 5.41) is 2.93. The van der Waals surface area contributed by atoms with Crippen molar-refractivity contribution < 1.29 is 14.3 Å². The first kappa shape index (κ1) is 22.1. The molecule has 0 spiro atoms. The van der Waals surface area contributed by atoms with Crippen molar-refractivity contribution in [3.05, 3.63) is 95.1 Å². The number of para-hydroxylation sites is 2. The Morgan fingerprint density at radius 2 is 1.52 bits per heavy atom. The van der Waals surface area contributed by atoms with E-state index in [4.69, 9.17) is 4.74 Å². The fourth-order valence-corrected chi connectivity index (χ4v) is 3.44. The van der Waals surface area contributed by atoms with E-state index in [1.165, 1.54) is 4.90 Å². The Kier molecular flexibility index (Phi) is 7.08. The lowest BCUT2D eigenvalue weighted by Crippen LogP contribution is -2.39. The lowest BCUT2D eigenvalue weighted by molar-refractivity contribution is -0.124. The summed E-state index contributed by atoms with van der Waals surface area (Å²) in [6, 6.07) is 22.6. The Labute approximate surface area is 183 Å². The fraction of sp³-hybridized carbons (Fsp3) is 0.231. The van der Waals surface area contributed by atoms with E-state index in [2.05, 4.69) is 5.32 Å². The van der Waals surface area contributed by atoms with Crippen LogP contribution in [0.15, 0.2) is 72.8 Å². The second kappa shape index (κ2) is 9.94. The van der Waals surface area contributed by atoms with Crippen LogP contribution in [0.1, 0.15) is 34.0 Å². The molecular weight excluding hydrogens is 388 g/mol. The van der Waals surface area contributed by atoms with E-state index in [0.29, 0.717) is 23.5 Å². The van der Waals surface area contributed by atoms with E-state index >= 15 is 0 Å². The van der Waals surface area contributed by atoms with Gasteiger partial charge in [-0.05, 0) is 49.6 Å². The molecule has 3 aromatic carbocycles. The standard InChI is InChI=1S/C26H28N2O3/c1-18-11-10-12-19(2)24(18)31-20(3)26(30)28(4)23-16-9-8-15-22(23)25(29)27-17-21-13-6-5-7-14-21/h5-16,20H,17H2,1-4H3,(H,27,29)/t20-/m0/s1. The van der Waals surface area contributed by atoms with E-state index in [-0.39, 0.29) is 11.8 Å². The summed E-state index contributed by atoms with van der Waals surface area (Å²) in [6.45, 7) is 6.05. The molecule has 160 valence electrons. The van der Waals surface area contributed by atoms with Gasteiger partial charge in [-0.25, -0.2) is 0 Å². The van der Waals surface area contributed by atoms with Crippen LogP contribution in [0.2, 0.25) is 0 Å². The molecule has 5 heteroatoms. The maximum atomic E-state index is 13.1. The van der Waals surface area contributed by atoms with Gasteiger partial charge < -0.3 is 15.0 Å². The zero-order valence-electron chi connectivity index (χ0n) is 18.4. The summed E-state index contributed by atoms with van der Waals surface area (Å²) in [5.41, 5.74) is 3.93. The van der Waals surface area contributed by atoms with Crippen LogP contribution in [0.3, 0.4) is 0 Å². The average Bonchev–Trinajstić information content (AvgIpc) is 2.79. The molecule has 31 heavy (non-hydrogen) atoms. The Morgan fingerprint density at radius 3 is 2.19 bits per heavy atom. The number of carbonyl (C=O) groups is 2. The van der Waals surface area contributed by atoms with E-state index in [0.717, 1.165) is 16.7 Å². The lowest BCUT2D eigenvalue weighted by Gasteiger charge is -2.25. The van der Waals surface area contributed by atoms with Crippen molar-refractivity contribution in [2.45, 2.75) is 33.4 Å². The molecule has 0 aliphatic heterocycles. The average molecular weight is 417 g/mol. The van der Waals surface area contributed by atoms with Crippen molar-refractivity contribution in [3.8, 4) is 5.75 Å². The third kappa shape index (κ3) is 5.31. The highest BCUT2D eigenvalue weighted by molar-refractivity contribution is 6.05. The monoisotopic (exact) mass is 416 g/mol. The van der Waals surface area contributed by atoms with Gasteiger partial charge >= 0.3 is 0 Å². The normalized spacial score (nSPS) is 11.5. The highest BCUT2D eigenvalue weighted by Crippen LogP contribution is 2.25. The molecule has 3 rings (SSSR count). The van der Waals surface area contributed by atoms with Gasteiger partial charge in [-0.15, -0.1) is 0 Å². The molecule has 0 aliphatic rings. The molecule has 2 amide bonds. The third-order valence-corrected chi connectivity index (χ3v) is 5.19. The van der Waals surface area contributed by atoms with Gasteiger partial charge in [-0.1, -0.05) is 60.7 Å². The molecule has 0 aromatic heterocycles. The predicted octanol–water partition coefficient (Wildman–Crippen LogP) is 4.66. The maximum Gasteiger partial charge on any atom is 0.267 e. The lowest BCUT2D eigenvalue weighted by atomic mass is 10.1. The van der Waals surface area contributed by atoms with E-state index < -0.39 is 6.10 Å². The number of benzene rings is 3. The second-order valence-electron chi connectivity index (χ2n) is 7.56. The van der Waals surface area contributed by atoms with Crippen LogP contribution in [0, 0.1) is 13.8 Å². The first-order chi connectivity index (χ1) is 14.9. The number of amides is 2. The topological polar surface area (TPSA) is 58.6 Å². The highest BCUT2D eigenvalue weighted by Gasteiger charge is 2.24. The smallest absolute Gasteiger partial charge is 0.267 e. The van der Waals surface area contributed by atoms with Crippen LogP contribution in [0.5, 0.6) is 5.75 Å². The zero-order chi connectivity index (χ0) is 22.4. The minimum atomic E-state index is -0.703. The van der Waals surface area contributed by atoms with Crippen molar-refractivity contribution in [2.24, 2.45) is 0 Å².